The van der Waals surface area contributed by atoms with E-state index in [0.29, 0.717) is 0 Å². The standard InChI is InChI=1S/C11H17N3O/c1-9-6-11(13-14(9)2)12-7-10-4-3-5-15-8-10/h4,6H,3,5,7-8H2,1-2H3,(H,12,13). The van der Waals surface area contributed by atoms with Crippen LogP contribution in [0.25, 0.3) is 0 Å². The smallest absolute Gasteiger partial charge is 0.148 e. The second-order valence-electron chi connectivity index (χ2n) is 3.85. The van der Waals surface area contributed by atoms with E-state index in [1.807, 2.05) is 24.7 Å². The number of rotatable bonds is 3. The quantitative estimate of drug-likeness (QED) is 0.763. The van der Waals surface area contributed by atoms with Gasteiger partial charge in [0.2, 0.25) is 0 Å². The van der Waals surface area contributed by atoms with Gasteiger partial charge in [0.05, 0.1) is 13.2 Å². The molecule has 1 aromatic rings. The van der Waals surface area contributed by atoms with Crippen molar-refractivity contribution in [3.63, 3.8) is 0 Å². The first kappa shape index (κ1) is 10.2. The Hall–Kier alpha value is -1.29. The van der Waals surface area contributed by atoms with Gasteiger partial charge in [-0.15, -0.1) is 0 Å². The summed E-state index contributed by atoms with van der Waals surface area (Å²) in [4.78, 5) is 0. The molecule has 0 radical (unpaired) electrons. The summed E-state index contributed by atoms with van der Waals surface area (Å²) >= 11 is 0. The topological polar surface area (TPSA) is 39.1 Å². The minimum Gasteiger partial charge on any atom is -0.377 e. The number of ether oxygens (including phenoxy) is 1. The van der Waals surface area contributed by atoms with Crippen molar-refractivity contribution in [1.82, 2.24) is 9.78 Å². The predicted molar refractivity (Wildman–Crippen MR) is 60.0 cm³/mol. The number of aryl methyl sites for hydroxylation is 2. The fourth-order valence-electron chi connectivity index (χ4n) is 1.58. The Bertz CT molecular complexity index is 348. The molecule has 15 heavy (non-hydrogen) atoms. The second-order valence-corrected chi connectivity index (χ2v) is 3.85. The Morgan fingerprint density at radius 2 is 2.47 bits per heavy atom. The molecule has 4 nitrogen and oxygen atoms in total. The van der Waals surface area contributed by atoms with Crippen LogP contribution in [-0.4, -0.2) is 29.5 Å². The van der Waals surface area contributed by atoms with Crippen LogP contribution in [0.15, 0.2) is 17.7 Å². The van der Waals surface area contributed by atoms with Crippen molar-refractivity contribution in [2.75, 3.05) is 25.1 Å². The van der Waals surface area contributed by atoms with Gasteiger partial charge in [-0.2, -0.15) is 5.10 Å². The lowest BCUT2D eigenvalue weighted by molar-refractivity contribution is 0.150. The van der Waals surface area contributed by atoms with Crippen LogP contribution in [0.3, 0.4) is 0 Å². The molecule has 0 bridgehead atoms. The Morgan fingerprint density at radius 1 is 1.60 bits per heavy atom. The van der Waals surface area contributed by atoms with E-state index in [4.69, 9.17) is 4.74 Å². The van der Waals surface area contributed by atoms with E-state index >= 15 is 0 Å². The van der Waals surface area contributed by atoms with Crippen LogP contribution in [0.4, 0.5) is 5.82 Å². The molecule has 0 aromatic carbocycles. The Balaban J connectivity index is 1.89. The minimum atomic E-state index is 0.749. The number of anilines is 1. The summed E-state index contributed by atoms with van der Waals surface area (Å²) in [5.74, 6) is 0.932. The first-order valence-electron chi connectivity index (χ1n) is 5.26. The van der Waals surface area contributed by atoms with Crippen molar-refractivity contribution >= 4 is 5.82 Å². The van der Waals surface area contributed by atoms with Gasteiger partial charge in [0.25, 0.3) is 0 Å². The monoisotopic (exact) mass is 207 g/mol. The van der Waals surface area contributed by atoms with Gasteiger partial charge >= 0.3 is 0 Å². The Labute approximate surface area is 89.9 Å². The van der Waals surface area contributed by atoms with E-state index in [0.717, 1.165) is 37.7 Å². The molecule has 0 atom stereocenters. The highest BCUT2D eigenvalue weighted by molar-refractivity contribution is 5.37. The average Bonchev–Trinajstić information content (AvgIpc) is 2.57. The number of nitrogens with one attached hydrogen (secondary N) is 1. The van der Waals surface area contributed by atoms with Crippen molar-refractivity contribution in [2.24, 2.45) is 7.05 Å². The summed E-state index contributed by atoms with van der Waals surface area (Å²) in [5, 5.41) is 7.63. The van der Waals surface area contributed by atoms with Crippen LogP contribution >= 0.6 is 0 Å². The van der Waals surface area contributed by atoms with Gasteiger partial charge in [-0.1, -0.05) is 6.08 Å². The lowest BCUT2D eigenvalue weighted by atomic mass is 10.2. The maximum atomic E-state index is 5.37. The molecule has 0 amide bonds. The molecule has 0 saturated carbocycles. The van der Waals surface area contributed by atoms with Crippen LogP contribution < -0.4 is 5.32 Å². The molecule has 1 N–H and O–H groups in total. The molecule has 82 valence electrons. The van der Waals surface area contributed by atoms with E-state index in [-0.39, 0.29) is 0 Å². The molecule has 0 unspecified atom stereocenters. The van der Waals surface area contributed by atoms with Gasteiger partial charge in [-0.05, 0) is 18.9 Å². The van der Waals surface area contributed by atoms with Gasteiger partial charge in [0.1, 0.15) is 5.82 Å². The lowest BCUT2D eigenvalue weighted by Crippen LogP contribution is -2.14. The summed E-state index contributed by atoms with van der Waals surface area (Å²) in [6, 6.07) is 2.05. The van der Waals surface area contributed by atoms with E-state index in [1.165, 1.54) is 5.57 Å². The molecule has 1 aliphatic heterocycles. The Morgan fingerprint density at radius 3 is 3.07 bits per heavy atom. The second kappa shape index (κ2) is 4.49. The molecule has 0 aliphatic carbocycles. The SMILES string of the molecule is Cc1cc(NCC2=CCCOC2)nn1C. The minimum absolute atomic E-state index is 0.749. The van der Waals surface area contributed by atoms with Crippen LogP contribution in [0.2, 0.25) is 0 Å². The maximum absolute atomic E-state index is 5.37. The van der Waals surface area contributed by atoms with Gasteiger partial charge < -0.3 is 10.1 Å². The van der Waals surface area contributed by atoms with Gasteiger partial charge in [0, 0.05) is 25.4 Å². The number of aromatic nitrogens is 2. The summed E-state index contributed by atoms with van der Waals surface area (Å²) < 4.78 is 7.23. The highest BCUT2D eigenvalue weighted by Crippen LogP contribution is 2.10. The van der Waals surface area contributed by atoms with Crippen molar-refractivity contribution in [3.8, 4) is 0 Å². The molecule has 1 aliphatic rings. The maximum Gasteiger partial charge on any atom is 0.148 e. The van der Waals surface area contributed by atoms with Crippen molar-refractivity contribution in [3.05, 3.63) is 23.4 Å². The molecule has 4 heteroatoms. The van der Waals surface area contributed by atoms with E-state index < -0.39 is 0 Å². The first-order chi connectivity index (χ1) is 7.25. The molecule has 0 spiro atoms. The summed E-state index contributed by atoms with van der Waals surface area (Å²) in [6.45, 7) is 4.47. The lowest BCUT2D eigenvalue weighted by Gasteiger charge is -2.13. The zero-order chi connectivity index (χ0) is 10.7. The fraction of sp³-hybridized carbons (Fsp3) is 0.545. The largest absolute Gasteiger partial charge is 0.377 e. The normalized spacial score (nSPS) is 16.3. The first-order valence-corrected chi connectivity index (χ1v) is 5.26. The molecule has 0 saturated heterocycles. The van der Waals surface area contributed by atoms with Crippen LogP contribution in [-0.2, 0) is 11.8 Å². The van der Waals surface area contributed by atoms with Gasteiger partial charge in [-0.3, -0.25) is 4.68 Å². The fourth-order valence-corrected chi connectivity index (χ4v) is 1.58. The zero-order valence-electron chi connectivity index (χ0n) is 9.29. The van der Waals surface area contributed by atoms with Gasteiger partial charge in [-0.25, -0.2) is 0 Å². The van der Waals surface area contributed by atoms with Gasteiger partial charge in [0.15, 0.2) is 0 Å². The highest BCUT2D eigenvalue weighted by atomic mass is 16.5. The molecule has 2 rings (SSSR count). The average molecular weight is 207 g/mol. The molecule has 2 heterocycles. The van der Waals surface area contributed by atoms with E-state index in [9.17, 15) is 0 Å². The summed E-state index contributed by atoms with van der Waals surface area (Å²) in [6.07, 6.45) is 3.27. The van der Waals surface area contributed by atoms with E-state index in [2.05, 4.69) is 16.5 Å². The van der Waals surface area contributed by atoms with Crippen molar-refractivity contribution in [1.29, 1.82) is 0 Å². The number of nitrogens with zero attached hydrogens (tertiary/aromatic N) is 2. The van der Waals surface area contributed by atoms with E-state index in [1.54, 1.807) is 0 Å². The third-order valence-corrected chi connectivity index (χ3v) is 2.59. The third-order valence-electron chi connectivity index (χ3n) is 2.59. The molecule has 1 aromatic heterocycles. The third kappa shape index (κ3) is 2.59. The van der Waals surface area contributed by atoms with Crippen LogP contribution in [0, 0.1) is 6.92 Å². The van der Waals surface area contributed by atoms with Crippen molar-refractivity contribution in [2.45, 2.75) is 13.3 Å². The molecular formula is C11H17N3O. The molecular weight excluding hydrogens is 190 g/mol. The number of hydrogen-bond donors (Lipinski definition) is 1. The van der Waals surface area contributed by atoms with Crippen LogP contribution in [0.1, 0.15) is 12.1 Å². The summed E-state index contributed by atoms with van der Waals surface area (Å²) in [7, 11) is 1.95. The Kier molecular flexibility index (Phi) is 3.06. The van der Waals surface area contributed by atoms with Crippen molar-refractivity contribution < 1.29 is 4.74 Å². The molecule has 0 fully saturated rings. The predicted octanol–water partition coefficient (Wildman–Crippen LogP) is 1.49. The zero-order valence-corrected chi connectivity index (χ0v) is 9.29. The highest BCUT2D eigenvalue weighted by Gasteiger charge is 2.05. The van der Waals surface area contributed by atoms with Crippen LogP contribution in [0.5, 0.6) is 0 Å². The number of hydrogen-bond acceptors (Lipinski definition) is 3. The summed E-state index contributed by atoms with van der Waals surface area (Å²) in [5.41, 5.74) is 2.47.